The molecule has 7 heteroatoms. The molecule has 3 N–H and O–H groups in total. The summed E-state index contributed by atoms with van der Waals surface area (Å²) in [6.07, 6.45) is 7.36. The van der Waals surface area contributed by atoms with Crippen LogP contribution in [0.3, 0.4) is 0 Å². The minimum absolute atomic E-state index is 0.253. The van der Waals surface area contributed by atoms with Gasteiger partial charge in [0.05, 0.1) is 11.0 Å². The molecule has 110 valence electrons. The molecule has 0 aromatic rings. The van der Waals surface area contributed by atoms with Crippen LogP contribution in [-0.2, 0) is 10.2 Å². The van der Waals surface area contributed by atoms with E-state index in [1.165, 1.54) is 10.7 Å². The molecule has 0 aromatic heterocycles. The second-order valence-corrected chi connectivity index (χ2v) is 7.68. The summed E-state index contributed by atoms with van der Waals surface area (Å²) in [5.74, 6) is 0.253. The Morgan fingerprint density at radius 1 is 1.16 bits per heavy atom. The Morgan fingerprint density at radius 3 is 2.26 bits per heavy atom. The first-order chi connectivity index (χ1) is 9.00. The van der Waals surface area contributed by atoms with Gasteiger partial charge in [-0.15, -0.1) is 0 Å². The van der Waals surface area contributed by atoms with Crippen LogP contribution in [0.25, 0.3) is 0 Å². The highest BCUT2D eigenvalue weighted by Gasteiger charge is 2.33. The molecular weight excluding hydrogens is 282 g/mol. The first-order valence-corrected chi connectivity index (χ1v) is 8.92. The lowest BCUT2D eigenvalue weighted by atomic mass is 9.84. The van der Waals surface area contributed by atoms with Gasteiger partial charge in [-0.25, -0.2) is 0 Å². The largest absolute Gasteiger partial charge is 0.392 e. The third-order valence-electron chi connectivity index (χ3n) is 4.11. The predicted molar refractivity (Wildman–Crippen MR) is 80.0 cm³/mol. The molecule has 1 unspecified atom stereocenters. The predicted octanol–water partition coefficient (Wildman–Crippen LogP) is 1.15. The maximum absolute atomic E-state index is 12.3. The molecule has 1 aliphatic carbocycles. The fourth-order valence-electron chi connectivity index (χ4n) is 3.02. The molecule has 1 heterocycles. The first-order valence-electron chi connectivity index (χ1n) is 7.07. The van der Waals surface area contributed by atoms with Gasteiger partial charge >= 0.3 is 0 Å². The van der Waals surface area contributed by atoms with Crippen molar-refractivity contribution in [3.05, 3.63) is 0 Å². The lowest BCUT2D eigenvalue weighted by molar-refractivity contribution is 0.326. The topological polar surface area (TPSA) is 75.4 Å². The van der Waals surface area contributed by atoms with Crippen LogP contribution >= 0.6 is 12.2 Å². The van der Waals surface area contributed by atoms with Gasteiger partial charge in [0.1, 0.15) is 0 Å². The van der Waals surface area contributed by atoms with Gasteiger partial charge in [-0.1, -0.05) is 31.5 Å². The molecule has 19 heavy (non-hydrogen) atoms. The second-order valence-electron chi connectivity index (χ2n) is 5.51. The van der Waals surface area contributed by atoms with E-state index in [1.54, 1.807) is 0 Å². The molecule has 2 fully saturated rings. The SMILES string of the molecule is NC(=S)C(NS(=O)(=O)N1CCCC1)C1CCCCC1. The van der Waals surface area contributed by atoms with Gasteiger partial charge < -0.3 is 5.73 Å². The van der Waals surface area contributed by atoms with E-state index in [1.807, 2.05) is 0 Å². The average molecular weight is 305 g/mol. The maximum atomic E-state index is 12.3. The molecule has 0 aromatic carbocycles. The fourth-order valence-corrected chi connectivity index (χ4v) is 4.87. The highest BCUT2D eigenvalue weighted by atomic mass is 32.2. The Kier molecular flexibility index (Phi) is 5.16. The third kappa shape index (κ3) is 3.87. The van der Waals surface area contributed by atoms with Crippen molar-refractivity contribution >= 4 is 27.4 Å². The summed E-state index contributed by atoms with van der Waals surface area (Å²) in [6, 6.07) is -0.388. The zero-order valence-electron chi connectivity index (χ0n) is 11.2. The number of thiocarbonyl (C=S) groups is 1. The van der Waals surface area contributed by atoms with Crippen molar-refractivity contribution in [2.24, 2.45) is 11.7 Å². The maximum Gasteiger partial charge on any atom is 0.280 e. The zero-order valence-corrected chi connectivity index (χ0v) is 12.8. The van der Waals surface area contributed by atoms with Crippen LogP contribution < -0.4 is 10.5 Å². The number of hydrogen-bond donors (Lipinski definition) is 2. The molecule has 0 spiro atoms. The van der Waals surface area contributed by atoms with E-state index in [-0.39, 0.29) is 16.9 Å². The minimum atomic E-state index is -3.44. The van der Waals surface area contributed by atoms with E-state index in [0.29, 0.717) is 13.1 Å². The van der Waals surface area contributed by atoms with Crippen molar-refractivity contribution in [1.82, 2.24) is 9.03 Å². The Bertz CT molecular complexity index is 413. The molecule has 0 amide bonds. The quantitative estimate of drug-likeness (QED) is 0.747. The minimum Gasteiger partial charge on any atom is -0.392 e. The van der Waals surface area contributed by atoms with Gasteiger partial charge in [-0.2, -0.15) is 17.4 Å². The summed E-state index contributed by atoms with van der Waals surface area (Å²) >= 11 is 5.07. The molecular formula is C12H23N3O2S2. The van der Waals surface area contributed by atoms with E-state index in [2.05, 4.69) is 4.72 Å². The van der Waals surface area contributed by atoms with Crippen molar-refractivity contribution < 1.29 is 8.42 Å². The Hall–Kier alpha value is -0.240. The fraction of sp³-hybridized carbons (Fsp3) is 0.917. The van der Waals surface area contributed by atoms with Crippen LogP contribution in [0.2, 0.25) is 0 Å². The lowest BCUT2D eigenvalue weighted by Crippen LogP contribution is -2.52. The van der Waals surface area contributed by atoms with E-state index < -0.39 is 10.2 Å². The molecule has 2 aliphatic rings. The van der Waals surface area contributed by atoms with Gasteiger partial charge in [-0.05, 0) is 31.6 Å². The summed E-state index contributed by atoms with van der Waals surface area (Å²) in [5.41, 5.74) is 5.76. The van der Waals surface area contributed by atoms with Gasteiger partial charge in [0.2, 0.25) is 0 Å². The van der Waals surface area contributed by atoms with Crippen molar-refractivity contribution in [2.45, 2.75) is 51.0 Å². The monoisotopic (exact) mass is 305 g/mol. The standard InChI is InChI=1S/C12H23N3O2S2/c13-12(18)11(10-6-2-1-3-7-10)14-19(16,17)15-8-4-5-9-15/h10-11,14H,1-9H2,(H2,13,18). The number of hydrogen-bond acceptors (Lipinski definition) is 3. The Balaban J connectivity index is 2.05. The van der Waals surface area contributed by atoms with Gasteiger partial charge in [0.15, 0.2) is 0 Å². The summed E-state index contributed by atoms with van der Waals surface area (Å²) in [6.45, 7) is 1.20. The molecule has 5 nitrogen and oxygen atoms in total. The molecule has 0 bridgehead atoms. The van der Waals surface area contributed by atoms with Crippen molar-refractivity contribution in [2.75, 3.05) is 13.1 Å². The summed E-state index contributed by atoms with van der Waals surface area (Å²) in [4.78, 5) is 0.273. The van der Waals surface area contributed by atoms with Crippen LogP contribution in [0.4, 0.5) is 0 Å². The Labute approximate surface area is 121 Å². The van der Waals surface area contributed by atoms with Crippen LogP contribution in [0, 0.1) is 5.92 Å². The summed E-state index contributed by atoms with van der Waals surface area (Å²) in [7, 11) is -3.44. The first kappa shape index (κ1) is 15.2. The van der Waals surface area contributed by atoms with E-state index in [9.17, 15) is 8.42 Å². The zero-order chi connectivity index (χ0) is 13.9. The van der Waals surface area contributed by atoms with Crippen molar-refractivity contribution in [1.29, 1.82) is 0 Å². The van der Waals surface area contributed by atoms with Crippen molar-refractivity contribution in [3.63, 3.8) is 0 Å². The number of nitrogens with zero attached hydrogens (tertiary/aromatic N) is 1. The number of nitrogens with two attached hydrogens (primary N) is 1. The third-order valence-corrected chi connectivity index (χ3v) is 5.96. The van der Waals surface area contributed by atoms with Gasteiger partial charge in [-0.3, -0.25) is 0 Å². The number of nitrogens with one attached hydrogen (secondary N) is 1. The average Bonchev–Trinajstić information content (AvgIpc) is 2.91. The molecule has 1 saturated carbocycles. The van der Waals surface area contributed by atoms with E-state index in [4.69, 9.17) is 18.0 Å². The van der Waals surface area contributed by atoms with Crippen LogP contribution in [-0.4, -0.2) is 36.8 Å². The summed E-state index contributed by atoms with van der Waals surface area (Å²) in [5, 5.41) is 0. The highest BCUT2D eigenvalue weighted by molar-refractivity contribution is 7.87. The Morgan fingerprint density at radius 2 is 1.74 bits per heavy atom. The van der Waals surface area contributed by atoms with Crippen molar-refractivity contribution in [3.8, 4) is 0 Å². The highest BCUT2D eigenvalue weighted by Crippen LogP contribution is 2.27. The second kappa shape index (κ2) is 6.47. The smallest absolute Gasteiger partial charge is 0.280 e. The molecule has 1 saturated heterocycles. The van der Waals surface area contributed by atoms with Gasteiger partial charge in [0.25, 0.3) is 10.2 Å². The molecule has 0 radical (unpaired) electrons. The van der Waals surface area contributed by atoms with E-state index >= 15 is 0 Å². The summed E-state index contributed by atoms with van der Waals surface area (Å²) < 4.78 is 28.8. The molecule has 1 atom stereocenters. The lowest BCUT2D eigenvalue weighted by Gasteiger charge is -2.31. The van der Waals surface area contributed by atoms with Crippen LogP contribution in [0.15, 0.2) is 0 Å². The molecule has 1 aliphatic heterocycles. The number of rotatable bonds is 5. The van der Waals surface area contributed by atoms with Crippen LogP contribution in [0.1, 0.15) is 44.9 Å². The molecule has 2 rings (SSSR count). The van der Waals surface area contributed by atoms with E-state index in [0.717, 1.165) is 38.5 Å². The van der Waals surface area contributed by atoms with Gasteiger partial charge in [0, 0.05) is 13.1 Å². The van der Waals surface area contributed by atoms with Crippen LogP contribution in [0.5, 0.6) is 0 Å². The normalized spacial score (nSPS) is 24.4.